The van der Waals surface area contributed by atoms with E-state index in [0.717, 1.165) is 0 Å². The third-order valence-electron chi connectivity index (χ3n) is 2.74. The van der Waals surface area contributed by atoms with Gasteiger partial charge in [-0.05, 0) is 12.1 Å². The highest BCUT2D eigenvalue weighted by Crippen LogP contribution is 2.27. The lowest BCUT2D eigenvalue weighted by Gasteiger charge is -2.39. The second-order valence-electron chi connectivity index (χ2n) is 3.82. The summed E-state index contributed by atoms with van der Waals surface area (Å²) in [6.07, 6.45) is 0. The van der Waals surface area contributed by atoms with Crippen LogP contribution in [-0.2, 0) is 4.79 Å². The topological polar surface area (TPSA) is 83.6 Å². The van der Waals surface area contributed by atoms with Crippen molar-refractivity contribution in [3.8, 4) is 0 Å². The smallest absolute Gasteiger partial charge is 0.310 e. The molecule has 1 saturated heterocycles. The first kappa shape index (κ1) is 10.5. The Morgan fingerprint density at radius 2 is 1.94 bits per heavy atom. The zero-order valence-electron chi connectivity index (χ0n) is 8.59. The van der Waals surface area contributed by atoms with Crippen LogP contribution in [0.1, 0.15) is 10.4 Å². The number of primary amides is 1. The predicted molar refractivity (Wildman–Crippen MR) is 58.3 cm³/mol. The lowest BCUT2D eigenvalue weighted by atomic mass is 9.98. The zero-order chi connectivity index (χ0) is 11.7. The van der Waals surface area contributed by atoms with Crippen LogP contribution in [0.5, 0.6) is 0 Å². The van der Waals surface area contributed by atoms with Gasteiger partial charge in [0.15, 0.2) is 0 Å². The minimum Gasteiger partial charge on any atom is -0.481 e. The van der Waals surface area contributed by atoms with E-state index in [4.69, 9.17) is 10.8 Å². The number of rotatable bonds is 3. The third kappa shape index (κ3) is 1.71. The molecule has 0 spiro atoms. The average Bonchev–Trinajstić information content (AvgIpc) is 2.15. The number of anilines is 1. The largest absolute Gasteiger partial charge is 0.481 e. The standard InChI is InChI=1S/C11H12N2O3/c12-10(14)8-3-1-2-4-9(8)13-5-7(6-13)11(15)16/h1-4,7H,5-6H2,(H2,12,14)(H,15,16). The van der Waals surface area contributed by atoms with Crippen LogP contribution in [0, 0.1) is 5.92 Å². The minimum absolute atomic E-state index is 0.346. The number of carbonyl (C=O) groups is 2. The number of amides is 1. The number of hydrogen-bond acceptors (Lipinski definition) is 3. The maximum absolute atomic E-state index is 11.2. The first-order chi connectivity index (χ1) is 7.59. The molecule has 2 rings (SSSR count). The number of hydrogen-bond donors (Lipinski definition) is 2. The fourth-order valence-corrected chi connectivity index (χ4v) is 1.79. The van der Waals surface area contributed by atoms with E-state index in [2.05, 4.69) is 0 Å². The van der Waals surface area contributed by atoms with Crippen molar-refractivity contribution in [3.05, 3.63) is 29.8 Å². The van der Waals surface area contributed by atoms with Gasteiger partial charge in [0.1, 0.15) is 0 Å². The Hall–Kier alpha value is -2.04. The fraction of sp³-hybridized carbons (Fsp3) is 0.273. The molecule has 0 bridgehead atoms. The molecule has 0 radical (unpaired) electrons. The molecule has 1 fully saturated rings. The number of carboxylic acid groups (broad SMARTS) is 1. The Kier molecular flexibility index (Phi) is 2.52. The number of benzene rings is 1. The number of nitrogens with two attached hydrogens (primary N) is 1. The van der Waals surface area contributed by atoms with E-state index < -0.39 is 11.9 Å². The van der Waals surface area contributed by atoms with Gasteiger partial charge in [-0.3, -0.25) is 9.59 Å². The van der Waals surface area contributed by atoms with E-state index >= 15 is 0 Å². The van der Waals surface area contributed by atoms with Crippen LogP contribution in [0.2, 0.25) is 0 Å². The van der Waals surface area contributed by atoms with Gasteiger partial charge in [-0.2, -0.15) is 0 Å². The Morgan fingerprint density at radius 1 is 1.31 bits per heavy atom. The molecule has 5 nitrogen and oxygen atoms in total. The molecule has 0 aliphatic carbocycles. The maximum atomic E-state index is 11.2. The highest BCUT2D eigenvalue weighted by Gasteiger charge is 2.33. The SMILES string of the molecule is NC(=O)c1ccccc1N1CC(C(=O)O)C1. The van der Waals surface area contributed by atoms with E-state index in [-0.39, 0.29) is 5.92 Å². The van der Waals surface area contributed by atoms with Crippen LogP contribution >= 0.6 is 0 Å². The molecular weight excluding hydrogens is 208 g/mol. The van der Waals surface area contributed by atoms with Crippen LogP contribution < -0.4 is 10.6 Å². The highest BCUT2D eigenvalue weighted by molar-refractivity contribution is 5.99. The van der Waals surface area contributed by atoms with Crippen molar-refractivity contribution in [3.63, 3.8) is 0 Å². The van der Waals surface area contributed by atoms with E-state index in [9.17, 15) is 9.59 Å². The van der Waals surface area contributed by atoms with Gasteiger partial charge >= 0.3 is 5.97 Å². The molecule has 1 aliphatic rings. The molecule has 0 atom stereocenters. The summed E-state index contributed by atoms with van der Waals surface area (Å²) >= 11 is 0. The lowest BCUT2D eigenvalue weighted by molar-refractivity contribution is -0.142. The van der Waals surface area contributed by atoms with Crippen molar-refractivity contribution in [2.75, 3.05) is 18.0 Å². The van der Waals surface area contributed by atoms with Crippen molar-refractivity contribution in [1.29, 1.82) is 0 Å². The van der Waals surface area contributed by atoms with Gasteiger partial charge in [0, 0.05) is 18.8 Å². The van der Waals surface area contributed by atoms with Gasteiger partial charge in [-0.15, -0.1) is 0 Å². The summed E-state index contributed by atoms with van der Waals surface area (Å²) in [5.74, 6) is -1.64. The van der Waals surface area contributed by atoms with Crippen LogP contribution in [0.4, 0.5) is 5.69 Å². The van der Waals surface area contributed by atoms with Crippen LogP contribution in [0.3, 0.4) is 0 Å². The molecule has 0 unspecified atom stereocenters. The summed E-state index contributed by atoms with van der Waals surface area (Å²) in [5.41, 5.74) is 6.40. The van der Waals surface area contributed by atoms with Gasteiger partial charge in [-0.25, -0.2) is 0 Å². The second kappa shape index (κ2) is 3.84. The van der Waals surface area contributed by atoms with Crippen LogP contribution in [0.25, 0.3) is 0 Å². The summed E-state index contributed by atoms with van der Waals surface area (Å²) in [4.78, 5) is 23.7. The predicted octanol–water partition coefficient (Wildman–Crippen LogP) is 0.306. The van der Waals surface area contributed by atoms with Gasteiger partial charge < -0.3 is 15.7 Å². The molecule has 0 aromatic heterocycles. The van der Waals surface area contributed by atoms with Crippen LogP contribution in [0.15, 0.2) is 24.3 Å². The first-order valence-corrected chi connectivity index (χ1v) is 4.96. The quantitative estimate of drug-likeness (QED) is 0.767. The van der Waals surface area contributed by atoms with Gasteiger partial charge in [0.05, 0.1) is 11.5 Å². The molecular formula is C11H12N2O3. The highest BCUT2D eigenvalue weighted by atomic mass is 16.4. The molecule has 1 aromatic carbocycles. The number of para-hydroxylation sites is 1. The summed E-state index contributed by atoms with van der Waals surface area (Å²) in [7, 11) is 0. The molecule has 16 heavy (non-hydrogen) atoms. The van der Waals surface area contributed by atoms with Crippen molar-refractivity contribution >= 4 is 17.6 Å². The maximum Gasteiger partial charge on any atom is 0.310 e. The number of nitrogens with zero attached hydrogens (tertiary/aromatic N) is 1. The monoisotopic (exact) mass is 220 g/mol. The Morgan fingerprint density at radius 3 is 2.50 bits per heavy atom. The van der Waals surface area contributed by atoms with Crippen molar-refractivity contribution in [1.82, 2.24) is 0 Å². The van der Waals surface area contributed by atoms with E-state index in [0.29, 0.717) is 24.3 Å². The molecule has 0 saturated carbocycles. The van der Waals surface area contributed by atoms with Gasteiger partial charge in [0.25, 0.3) is 5.91 Å². The molecule has 84 valence electrons. The van der Waals surface area contributed by atoms with Crippen LogP contribution in [-0.4, -0.2) is 30.1 Å². The number of carbonyl (C=O) groups excluding carboxylic acids is 1. The van der Waals surface area contributed by atoms with E-state index in [1.807, 2.05) is 4.90 Å². The molecule has 1 aliphatic heterocycles. The van der Waals surface area contributed by atoms with Gasteiger partial charge in [0.2, 0.25) is 0 Å². The average molecular weight is 220 g/mol. The third-order valence-corrected chi connectivity index (χ3v) is 2.74. The summed E-state index contributed by atoms with van der Waals surface area (Å²) in [5, 5.41) is 8.76. The normalized spacial score (nSPS) is 15.6. The Balaban J connectivity index is 2.17. The molecule has 3 N–H and O–H groups in total. The summed E-state index contributed by atoms with van der Waals surface area (Å²) in [6.45, 7) is 0.860. The van der Waals surface area contributed by atoms with Crippen molar-refractivity contribution in [2.45, 2.75) is 0 Å². The van der Waals surface area contributed by atoms with E-state index in [1.54, 1.807) is 24.3 Å². The summed E-state index contributed by atoms with van der Waals surface area (Å²) in [6, 6.07) is 6.96. The Bertz CT molecular complexity index is 439. The van der Waals surface area contributed by atoms with Crippen molar-refractivity contribution in [2.24, 2.45) is 11.7 Å². The van der Waals surface area contributed by atoms with E-state index in [1.165, 1.54) is 0 Å². The zero-order valence-corrected chi connectivity index (χ0v) is 8.59. The lowest BCUT2D eigenvalue weighted by Crippen LogP contribution is -2.51. The Labute approximate surface area is 92.5 Å². The second-order valence-corrected chi connectivity index (χ2v) is 3.82. The molecule has 1 aromatic rings. The summed E-state index contributed by atoms with van der Waals surface area (Å²) < 4.78 is 0. The minimum atomic E-state index is -0.798. The molecule has 5 heteroatoms. The number of aliphatic carboxylic acids is 1. The first-order valence-electron chi connectivity index (χ1n) is 4.96. The fourth-order valence-electron chi connectivity index (χ4n) is 1.79. The van der Waals surface area contributed by atoms with Crippen molar-refractivity contribution < 1.29 is 14.7 Å². The number of carboxylic acids is 1. The van der Waals surface area contributed by atoms with Gasteiger partial charge in [-0.1, -0.05) is 12.1 Å². The molecule has 1 amide bonds. The molecule has 1 heterocycles.